The summed E-state index contributed by atoms with van der Waals surface area (Å²) in [5.74, 6) is -0.960. The molecule has 1 heterocycles. The van der Waals surface area contributed by atoms with E-state index in [1.54, 1.807) is 17.0 Å². The highest BCUT2D eigenvalue weighted by atomic mass is 16.3. The maximum absolute atomic E-state index is 12.3. The molecule has 1 N–H and O–H groups in total. The number of nitriles is 1. The Labute approximate surface area is 106 Å². The molecule has 2 unspecified atom stereocenters. The van der Waals surface area contributed by atoms with Crippen molar-refractivity contribution in [1.29, 1.82) is 5.26 Å². The fourth-order valence-electron chi connectivity index (χ4n) is 2.40. The predicted molar refractivity (Wildman–Crippen MR) is 66.6 cm³/mol. The Morgan fingerprint density at radius 1 is 1.50 bits per heavy atom. The second kappa shape index (κ2) is 5.65. The van der Waals surface area contributed by atoms with Crippen molar-refractivity contribution < 1.29 is 9.90 Å². The van der Waals surface area contributed by atoms with Crippen molar-refractivity contribution >= 4 is 5.91 Å². The number of carbonyl (C=O) groups excluding carboxylic acids is 1. The van der Waals surface area contributed by atoms with Gasteiger partial charge in [-0.3, -0.25) is 4.79 Å². The van der Waals surface area contributed by atoms with Crippen molar-refractivity contribution in [3.8, 4) is 6.07 Å². The molecule has 1 aliphatic rings. The first kappa shape index (κ1) is 12.6. The number of carbonyl (C=O) groups is 1. The van der Waals surface area contributed by atoms with E-state index in [0.717, 1.165) is 12.8 Å². The van der Waals surface area contributed by atoms with E-state index in [1.165, 1.54) is 0 Å². The van der Waals surface area contributed by atoms with Crippen molar-refractivity contribution in [2.75, 3.05) is 13.2 Å². The molecule has 94 valence electrons. The zero-order valence-electron chi connectivity index (χ0n) is 10.1. The SMILES string of the molecule is N#CC(C(=O)N1CCCC1CO)c1ccccc1. The zero-order chi connectivity index (χ0) is 13.0. The Morgan fingerprint density at radius 3 is 2.83 bits per heavy atom. The number of hydrogen-bond donors (Lipinski definition) is 1. The van der Waals surface area contributed by atoms with Crippen LogP contribution in [0.25, 0.3) is 0 Å². The molecule has 2 atom stereocenters. The monoisotopic (exact) mass is 244 g/mol. The maximum Gasteiger partial charge on any atom is 0.244 e. The van der Waals surface area contributed by atoms with E-state index < -0.39 is 5.92 Å². The summed E-state index contributed by atoms with van der Waals surface area (Å²) in [6, 6.07) is 11.0. The minimum absolute atomic E-state index is 0.0291. The third-order valence-corrected chi connectivity index (χ3v) is 3.38. The first-order chi connectivity index (χ1) is 8.77. The molecule has 0 radical (unpaired) electrons. The van der Waals surface area contributed by atoms with Gasteiger partial charge in [0, 0.05) is 6.54 Å². The molecule has 1 aliphatic heterocycles. The lowest BCUT2D eigenvalue weighted by molar-refractivity contribution is -0.133. The van der Waals surface area contributed by atoms with Crippen LogP contribution in [0.15, 0.2) is 30.3 Å². The van der Waals surface area contributed by atoms with E-state index in [0.29, 0.717) is 12.1 Å². The first-order valence-corrected chi connectivity index (χ1v) is 6.14. The Morgan fingerprint density at radius 2 is 2.22 bits per heavy atom. The maximum atomic E-state index is 12.3. The van der Waals surface area contributed by atoms with Crippen LogP contribution in [0.2, 0.25) is 0 Å². The number of rotatable bonds is 3. The quantitative estimate of drug-likeness (QED) is 0.871. The number of hydrogen-bond acceptors (Lipinski definition) is 3. The van der Waals surface area contributed by atoms with E-state index in [2.05, 4.69) is 6.07 Å². The molecule has 1 saturated heterocycles. The summed E-state index contributed by atoms with van der Waals surface area (Å²) in [6.07, 6.45) is 1.71. The smallest absolute Gasteiger partial charge is 0.244 e. The molecule has 2 rings (SSSR count). The average Bonchev–Trinajstić information content (AvgIpc) is 2.89. The number of nitrogens with zero attached hydrogens (tertiary/aromatic N) is 2. The molecule has 18 heavy (non-hydrogen) atoms. The number of likely N-dealkylation sites (tertiary alicyclic amines) is 1. The van der Waals surface area contributed by atoms with E-state index >= 15 is 0 Å². The van der Waals surface area contributed by atoms with Gasteiger partial charge < -0.3 is 10.0 Å². The highest BCUT2D eigenvalue weighted by molar-refractivity contribution is 5.87. The molecule has 0 spiro atoms. The molecule has 0 aromatic heterocycles. The Bertz CT molecular complexity index is 453. The highest BCUT2D eigenvalue weighted by Gasteiger charge is 2.33. The van der Waals surface area contributed by atoms with Gasteiger partial charge in [0.25, 0.3) is 0 Å². The normalized spacial score (nSPS) is 20.4. The fourth-order valence-corrected chi connectivity index (χ4v) is 2.40. The fraction of sp³-hybridized carbons (Fsp3) is 0.429. The van der Waals surface area contributed by atoms with Gasteiger partial charge in [0.1, 0.15) is 5.92 Å². The van der Waals surface area contributed by atoms with Gasteiger partial charge in [0.2, 0.25) is 5.91 Å². The molecular formula is C14H16N2O2. The minimum atomic E-state index is -0.765. The topological polar surface area (TPSA) is 64.3 Å². The lowest BCUT2D eigenvalue weighted by Gasteiger charge is -2.25. The molecular weight excluding hydrogens is 228 g/mol. The van der Waals surface area contributed by atoms with Crippen molar-refractivity contribution in [1.82, 2.24) is 4.90 Å². The summed E-state index contributed by atoms with van der Waals surface area (Å²) < 4.78 is 0. The van der Waals surface area contributed by atoms with Crippen LogP contribution in [0, 0.1) is 11.3 Å². The number of benzene rings is 1. The van der Waals surface area contributed by atoms with Gasteiger partial charge in [-0.2, -0.15) is 5.26 Å². The molecule has 4 heteroatoms. The molecule has 4 nitrogen and oxygen atoms in total. The molecule has 0 aliphatic carbocycles. The van der Waals surface area contributed by atoms with Crippen LogP contribution in [-0.2, 0) is 4.79 Å². The summed E-state index contributed by atoms with van der Waals surface area (Å²) >= 11 is 0. The van der Waals surface area contributed by atoms with Crippen molar-refractivity contribution in [3.05, 3.63) is 35.9 Å². The van der Waals surface area contributed by atoms with Crippen molar-refractivity contribution in [2.24, 2.45) is 0 Å². The van der Waals surface area contributed by atoms with Crippen molar-refractivity contribution in [2.45, 2.75) is 24.8 Å². The van der Waals surface area contributed by atoms with Crippen LogP contribution in [0.3, 0.4) is 0 Å². The third-order valence-electron chi connectivity index (χ3n) is 3.38. The minimum Gasteiger partial charge on any atom is -0.394 e. The van der Waals surface area contributed by atoms with Gasteiger partial charge >= 0.3 is 0 Å². The van der Waals surface area contributed by atoms with E-state index in [1.807, 2.05) is 18.2 Å². The Balaban J connectivity index is 2.19. The molecule has 1 amide bonds. The first-order valence-electron chi connectivity index (χ1n) is 6.14. The molecule has 0 bridgehead atoms. The second-order valence-corrected chi connectivity index (χ2v) is 4.48. The average molecular weight is 244 g/mol. The summed E-state index contributed by atoms with van der Waals surface area (Å²) in [5.41, 5.74) is 0.716. The van der Waals surface area contributed by atoms with E-state index in [9.17, 15) is 15.2 Å². The van der Waals surface area contributed by atoms with Crippen LogP contribution in [-0.4, -0.2) is 35.1 Å². The van der Waals surface area contributed by atoms with Crippen LogP contribution in [0.5, 0.6) is 0 Å². The van der Waals surface area contributed by atoms with E-state index in [-0.39, 0.29) is 18.6 Å². The molecule has 1 aromatic carbocycles. The Hall–Kier alpha value is -1.86. The van der Waals surface area contributed by atoms with Gasteiger partial charge in [-0.05, 0) is 18.4 Å². The summed E-state index contributed by atoms with van der Waals surface area (Å²) in [7, 11) is 0. The van der Waals surface area contributed by atoms with Crippen molar-refractivity contribution in [3.63, 3.8) is 0 Å². The highest BCUT2D eigenvalue weighted by Crippen LogP contribution is 2.24. The van der Waals surface area contributed by atoms with Crippen LogP contribution in [0.1, 0.15) is 24.3 Å². The van der Waals surface area contributed by atoms with E-state index in [4.69, 9.17) is 0 Å². The Kier molecular flexibility index (Phi) is 3.96. The van der Waals surface area contributed by atoms with Crippen LogP contribution >= 0.6 is 0 Å². The summed E-state index contributed by atoms with van der Waals surface area (Å²) in [6.45, 7) is 0.605. The standard InChI is InChI=1S/C14H16N2O2/c15-9-13(11-5-2-1-3-6-11)14(18)16-8-4-7-12(16)10-17/h1-3,5-6,12-13,17H,4,7-8,10H2. The van der Waals surface area contributed by atoms with Crippen LogP contribution < -0.4 is 0 Å². The lowest BCUT2D eigenvalue weighted by Crippen LogP contribution is -2.40. The third kappa shape index (κ3) is 2.36. The number of amides is 1. The van der Waals surface area contributed by atoms with Gasteiger partial charge in [0.15, 0.2) is 0 Å². The van der Waals surface area contributed by atoms with Gasteiger partial charge in [-0.25, -0.2) is 0 Å². The summed E-state index contributed by atoms with van der Waals surface area (Å²) in [4.78, 5) is 14.0. The number of aliphatic hydroxyl groups is 1. The molecule has 0 saturated carbocycles. The van der Waals surface area contributed by atoms with Gasteiger partial charge in [0.05, 0.1) is 18.7 Å². The second-order valence-electron chi connectivity index (χ2n) is 4.48. The predicted octanol–water partition coefficient (Wildman–Crippen LogP) is 1.28. The lowest BCUT2D eigenvalue weighted by atomic mass is 9.99. The summed E-state index contributed by atoms with van der Waals surface area (Å²) in [5, 5.41) is 18.4. The molecule has 1 fully saturated rings. The zero-order valence-corrected chi connectivity index (χ0v) is 10.1. The van der Waals surface area contributed by atoms with Crippen LogP contribution in [0.4, 0.5) is 0 Å². The number of aliphatic hydroxyl groups excluding tert-OH is 1. The molecule has 1 aromatic rings. The largest absolute Gasteiger partial charge is 0.394 e. The van der Waals surface area contributed by atoms with Gasteiger partial charge in [-0.15, -0.1) is 0 Å². The van der Waals surface area contributed by atoms with Gasteiger partial charge in [-0.1, -0.05) is 30.3 Å².